The van der Waals surface area contributed by atoms with Crippen LogP contribution in [-0.2, 0) is 17.8 Å². The van der Waals surface area contributed by atoms with Crippen molar-refractivity contribution in [2.45, 2.75) is 32.4 Å². The molecule has 7 nitrogen and oxygen atoms in total. The van der Waals surface area contributed by atoms with E-state index in [2.05, 4.69) is 15.0 Å². The van der Waals surface area contributed by atoms with Gasteiger partial charge in [-0.3, -0.25) is 14.6 Å². The van der Waals surface area contributed by atoms with E-state index in [9.17, 15) is 9.59 Å². The number of ether oxygens (including phenoxy) is 1. The fourth-order valence-corrected chi connectivity index (χ4v) is 3.45. The molecule has 3 aromatic rings. The van der Waals surface area contributed by atoms with Crippen LogP contribution in [0.5, 0.6) is 5.75 Å². The molecule has 7 heteroatoms. The lowest BCUT2D eigenvalue weighted by atomic mass is 10.0. The third-order valence-corrected chi connectivity index (χ3v) is 5.01. The highest BCUT2D eigenvalue weighted by Crippen LogP contribution is 2.21. The van der Waals surface area contributed by atoms with Crippen LogP contribution in [0.3, 0.4) is 0 Å². The number of rotatable bonds is 5. The van der Waals surface area contributed by atoms with Gasteiger partial charge in [0, 0.05) is 30.1 Å². The first-order valence-electron chi connectivity index (χ1n) is 9.68. The van der Waals surface area contributed by atoms with Gasteiger partial charge in [-0.2, -0.15) is 0 Å². The minimum absolute atomic E-state index is 0.0884. The van der Waals surface area contributed by atoms with Gasteiger partial charge < -0.3 is 14.6 Å². The second-order valence-corrected chi connectivity index (χ2v) is 6.91. The number of pyridine rings is 1. The van der Waals surface area contributed by atoms with Crippen LogP contribution in [0.15, 0.2) is 59.7 Å². The lowest BCUT2D eigenvalue weighted by Crippen LogP contribution is -2.45. The Labute approximate surface area is 168 Å². The quantitative estimate of drug-likeness (QED) is 0.723. The van der Waals surface area contributed by atoms with Gasteiger partial charge in [-0.1, -0.05) is 25.1 Å². The topological polar surface area (TPSA) is 88.2 Å². The Bertz CT molecular complexity index is 1050. The maximum absolute atomic E-state index is 13.1. The van der Waals surface area contributed by atoms with Crippen molar-refractivity contribution < 1.29 is 9.53 Å². The molecule has 3 heterocycles. The van der Waals surface area contributed by atoms with E-state index in [-0.39, 0.29) is 11.5 Å². The van der Waals surface area contributed by atoms with E-state index in [4.69, 9.17) is 4.74 Å². The average molecular weight is 390 g/mol. The molecule has 1 amide bonds. The normalized spacial score (nSPS) is 14.2. The molecule has 0 aliphatic carbocycles. The Morgan fingerprint density at radius 3 is 2.69 bits per heavy atom. The number of nitrogens with one attached hydrogen (secondary N) is 1. The van der Waals surface area contributed by atoms with E-state index >= 15 is 0 Å². The van der Waals surface area contributed by atoms with Gasteiger partial charge in [0.25, 0.3) is 11.5 Å². The number of carbonyl (C=O) groups is 1. The van der Waals surface area contributed by atoms with Crippen molar-refractivity contribution >= 4 is 5.91 Å². The van der Waals surface area contributed by atoms with Gasteiger partial charge in [0.2, 0.25) is 0 Å². The van der Waals surface area contributed by atoms with E-state index in [0.29, 0.717) is 48.8 Å². The summed E-state index contributed by atoms with van der Waals surface area (Å²) in [5, 5.41) is 0. The van der Waals surface area contributed by atoms with Crippen LogP contribution in [0.25, 0.3) is 11.4 Å². The molecular formula is C22H22N4O3. The highest BCUT2D eigenvalue weighted by Gasteiger charge is 2.29. The number of H-pyrrole nitrogens is 1. The minimum Gasteiger partial charge on any atom is -0.481 e. The van der Waals surface area contributed by atoms with E-state index in [1.165, 1.54) is 0 Å². The molecule has 0 unspecified atom stereocenters. The molecule has 0 radical (unpaired) electrons. The van der Waals surface area contributed by atoms with Gasteiger partial charge in [0.1, 0.15) is 11.6 Å². The molecule has 1 atom stereocenters. The molecule has 4 rings (SSSR count). The van der Waals surface area contributed by atoms with Crippen LogP contribution >= 0.6 is 0 Å². The molecule has 2 aromatic heterocycles. The number of hydrogen-bond donors (Lipinski definition) is 1. The third kappa shape index (κ3) is 4.03. The zero-order chi connectivity index (χ0) is 20.2. The molecule has 1 aliphatic heterocycles. The van der Waals surface area contributed by atoms with E-state index in [1.54, 1.807) is 29.4 Å². The molecule has 0 spiro atoms. The van der Waals surface area contributed by atoms with Crippen molar-refractivity contribution in [2.24, 2.45) is 0 Å². The number of benzene rings is 1. The number of para-hydroxylation sites is 1. The van der Waals surface area contributed by atoms with E-state index in [1.807, 2.05) is 37.3 Å². The largest absolute Gasteiger partial charge is 0.481 e. The first kappa shape index (κ1) is 18.9. The summed E-state index contributed by atoms with van der Waals surface area (Å²) in [6, 6.07) is 12.9. The van der Waals surface area contributed by atoms with Crippen molar-refractivity contribution in [1.29, 1.82) is 0 Å². The van der Waals surface area contributed by atoms with Gasteiger partial charge in [0.05, 0.1) is 12.2 Å². The predicted molar refractivity (Wildman–Crippen MR) is 108 cm³/mol. The Balaban J connectivity index is 1.56. The van der Waals surface area contributed by atoms with Gasteiger partial charge in [-0.15, -0.1) is 0 Å². The summed E-state index contributed by atoms with van der Waals surface area (Å²) in [4.78, 5) is 38.8. The lowest BCUT2D eigenvalue weighted by Gasteiger charge is -2.31. The Morgan fingerprint density at radius 2 is 1.97 bits per heavy atom. The summed E-state index contributed by atoms with van der Waals surface area (Å²) in [5.41, 5.74) is 1.90. The van der Waals surface area contributed by atoms with Crippen molar-refractivity contribution in [3.63, 3.8) is 0 Å². The lowest BCUT2D eigenvalue weighted by molar-refractivity contribution is -0.139. The molecule has 1 aromatic carbocycles. The molecular weight excluding hydrogens is 368 g/mol. The zero-order valence-electron chi connectivity index (χ0n) is 16.2. The summed E-state index contributed by atoms with van der Waals surface area (Å²) in [7, 11) is 0. The summed E-state index contributed by atoms with van der Waals surface area (Å²) < 4.78 is 5.90. The summed E-state index contributed by atoms with van der Waals surface area (Å²) >= 11 is 0. The zero-order valence-corrected chi connectivity index (χ0v) is 16.2. The first-order valence-corrected chi connectivity index (χ1v) is 9.68. The second-order valence-electron chi connectivity index (χ2n) is 6.91. The third-order valence-electron chi connectivity index (χ3n) is 5.01. The summed E-state index contributed by atoms with van der Waals surface area (Å²) in [6.07, 6.45) is 3.76. The van der Waals surface area contributed by atoms with Crippen molar-refractivity contribution in [1.82, 2.24) is 19.9 Å². The molecule has 29 heavy (non-hydrogen) atoms. The smallest absolute Gasteiger partial charge is 0.263 e. The Hall–Kier alpha value is -3.48. The molecule has 0 bridgehead atoms. The van der Waals surface area contributed by atoms with Crippen molar-refractivity contribution in [2.75, 3.05) is 6.54 Å². The molecule has 1 N–H and O–H groups in total. The van der Waals surface area contributed by atoms with Crippen LogP contribution < -0.4 is 10.3 Å². The van der Waals surface area contributed by atoms with Gasteiger partial charge in [-0.25, -0.2) is 4.98 Å². The fraction of sp³-hybridized carbons (Fsp3) is 0.273. The number of hydrogen-bond acceptors (Lipinski definition) is 5. The summed E-state index contributed by atoms with van der Waals surface area (Å²) in [6.45, 7) is 2.69. The first-order chi connectivity index (χ1) is 14.2. The van der Waals surface area contributed by atoms with Crippen molar-refractivity contribution in [3.05, 3.63) is 76.5 Å². The maximum atomic E-state index is 13.1. The van der Waals surface area contributed by atoms with Crippen LogP contribution in [0.4, 0.5) is 0 Å². The molecule has 0 fully saturated rings. The van der Waals surface area contributed by atoms with Gasteiger partial charge in [0.15, 0.2) is 6.10 Å². The van der Waals surface area contributed by atoms with Crippen LogP contribution in [0, 0.1) is 0 Å². The van der Waals surface area contributed by atoms with Crippen LogP contribution in [0.1, 0.15) is 24.6 Å². The molecule has 0 saturated heterocycles. The van der Waals surface area contributed by atoms with Crippen LogP contribution in [0.2, 0.25) is 0 Å². The Morgan fingerprint density at radius 1 is 1.21 bits per heavy atom. The standard InChI is InChI=1S/C22H22N4O3/c1-2-19(29-16-6-4-3-5-7-16)22(28)26-13-10-17-18(14-26)24-20(25-21(17)27)15-8-11-23-12-9-15/h3-9,11-12,19H,2,10,13-14H2,1H3,(H,24,25,27)/t19-/m1/s1. The molecule has 148 valence electrons. The average Bonchev–Trinajstić information content (AvgIpc) is 2.78. The minimum atomic E-state index is -0.569. The molecule has 0 saturated carbocycles. The second kappa shape index (κ2) is 8.26. The monoisotopic (exact) mass is 390 g/mol. The number of fused-ring (bicyclic) bond motifs is 1. The number of aromatic nitrogens is 3. The number of amides is 1. The van der Waals surface area contributed by atoms with Crippen molar-refractivity contribution in [3.8, 4) is 17.1 Å². The number of aromatic amines is 1. The van der Waals surface area contributed by atoms with Gasteiger partial charge in [-0.05, 0) is 37.1 Å². The fourth-order valence-electron chi connectivity index (χ4n) is 3.45. The predicted octanol–water partition coefficient (Wildman–Crippen LogP) is 2.57. The maximum Gasteiger partial charge on any atom is 0.263 e. The highest BCUT2D eigenvalue weighted by atomic mass is 16.5. The Kier molecular flexibility index (Phi) is 5.37. The van der Waals surface area contributed by atoms with Gasteiger partial charge >= 0.3 is 0 Å². The highest BCUT2D eigenvalue weighted by molar-refractivity contribution is 5.81. The summed E-state index contributed by atoms with van der Waals surface area (Å²) in [5.74, 6) is 1.06. The number of nitrogens with zero attached hydrogens (tertiary/aromatic N) is 3. The molecule has 1 aliphatic rings. The van der Waals surface area contributed by atoms with Crippen LogP contribution in [-0.4, -0.2) is 38.4 Å². The number of carbonyl (C=O) groups excluding carboxylic acids is 1. The van der Waals surface area contributed by atoms with E-state index < -0.39 is 6.10 Å². The SMILES string of the molecule is CC[C@@H](Oc1ccccc1)C(=O)N1CCc2c(nc(-c3ccncc3)[nH]c2=O)C1. The van der Waals surface area contributed by atoms with E-state index in [0.717, 1.165) is 5.56 Å².